The maximum absolute atomic E-state index is 14.7. The molecule has 3 heterocycles. The second-order valence-electron chi connectivity index (χ2n) is 34.2. The van der Waals surface area contributed by atoms with Crippen molar-refractivity contribution in [1.82, 2.24) is 36.0 Å². The quantitative estimate of drug-likeness (QED) is 0.0169. The van der Waals surface area contributed by atoms with Gasteiger partial charge in [0.15, 0.2) is 34.7 Å². The molecule has 674 valence electrons. The number of unbranched alkanes of at least 4 members (excludes halogenated alkanes) is 2. The number of hydrogen-bond donors (Lipinski definition) is 10. The summed E-state index contributed by atoms with van der Waals surface area (Å²) in [7, 11) is 2.95. The first kappa shape index (κ1) is 96.4. The minimum Gasteiger partial charge on any atom is -0.507 e. The Morgan fingerprint density at radius 1 is 0.492 bits per heavy atom. The molecule has 0 aromatic heterocycles. The normalized spacial score (nSPS) is 19.7. The fourth-order valence-corrected chi connectivity index (χ4v) is 17.9. The van der Waals surface area contributed by atoms with Gasteiger partial charge in [0.05, 0.1) is 6.04 Å². The van der Waals surface area contributed by atoms with Gasteiger partial charge >= 0.3 is 0 Å². The van der Waals surface area contributed by atoms with Crippen LogP contribution in [0.4, 0.5) is 0 Å². The van der Waals surface area contributed by atoms with Crippen LogP contribution in [0.2, 0.25) is 10.0 Å². The van der Waals surface area contributed by atoms with Crippen molar-refractivity contribution in [3.63, 3.8) is 0 Å². The van der Waals surface area contributed by atoms with Crippen molar-refractivity contribution in [3.8, 4) is 67.5 Å². The summed E-state index contributed by atoms with van der Waals surface area (Å²) >= 11 is 12.1. The van der Waals surface area contributed by atoms with Gasteiger partial charge in [-0.1, -0.05) is 154 Å². The molecule has 8 aromatic carbocycles. The molecule has 28 heteroatoms. The molecule has 12 rings (SSSR count). The molecule has 1 saturated heterocycles. The molecule has 1 unspecified atom stereocenters. The van der Waals surface area contributed by atoms with E-state index in [0.29, 0.717) is 134 Å². The van der Waals surface area contributed by atoms with Crippen molar-refractivity contribution in [2.45, 2.75) is 192 Å². The molecule has 0 radical (unpaired) electrons. The number of likely N-dealkylation sites (tertiary alicyclic amines) is 1. The molecule has 1 saturated carbocycles. The summed E-state index contributed by atoms with van der Waals surface area (Å²) in [4.78, 5) is 185. The second kappa shape index (κ2) is 43.5. The number of fused-ring (bicyclic) bond motifs is 10. The van der Waals surface area contributed by atoms with Crippen LogP contribution in [0.3, 0.4) is 0 Å². The number of carbonyl (C=O) groups excluding carboxylic acids is 13. The number of phenolic OH excluding ortho intramolecular Hbond substituents is 4. The van der Waals surface area contributed by atoms with Gasteiger partial charge in [0.1, 0.15) is 58.7 Å². The minimum absolute atomic E-state index is 0.0321. The third-order valence-corrected chi connectivity index (χ3v) is 25.5. The predicted molar refractivity (Wildman–Crippen MR) is 488 cm³/mol. The molecule has 8 aromatic rings. The van der Waals surface area contributed by atoms with Crippen molar-refractivity contribution < 1.29 is 82.8 Å². The molecular weight excluding hydrogens is 1670 g/mol. The van der Waals surface area contributed by atoms with Gasteiger partial charge < -0.3 is 67.9 Å². The van der Waals surface area contributed by atoms with Gasteiger partial charge in [-0.15, -0.1) is 0 Å². The number of nitrogens with one attached hydrogen (secondary N) is 4. The van der Waals surface area contributed by atoms with Crippen molar-refractivity contribution in [2.75, 3.05) is 33.7 Å². The van der Waals surface area contributed by atoms with E-state index in [9.17, 15) is 82.8 Å². The largest absolute Gasteiger partial charge is 0.507 e. The van der Waals surface area contributed by atoms with E-state index in [1.165, 1.54) is 79.3 Å². The summed E-state index contributed by atoms with van der Waals surface area (Å²) in [5.41, 5.74) is 17.5. The molecule has 8 bridgehead atoms. The lowest BCUT2D eigenvalue weighted by Gasteiger charge is -2.35. The number of nitrogens with zero attached hydrogens (tertiary/aromatic N) is 3. The Morgan fingerprint density at radius 3 is 1.23 bits per heavy atom. The Hall–Kier alpha value is -12.2. The van der Waals surface area contributed by atoms with E-state index in [1.807, 2.05) is 48.5 Å². The zero-order valence-corrected chi connectivity index (χ0v) is 74.6. The van der Waals surface area contributed by atoms with Crippen LogP contribution < -0.4 is 32.7 Å². The van der Waals surface area contributed by atoms with E-state index in [4.69, 9.17) is 34.7 Å². The highest BCUT2D eigenvalue weighted by atomic mass is 35.5. The van der Waals surface area contributed by atoms with Gasteiger partial charge in [0.2, 0.25) is 41.4 Å². The predicted octanol–water partition coefficient (Wildman–Crippen LogP) is 13.6. The van der Waals surface area contributed by atoms with Crippen LogP contribution in [0.1, 0.15) is 192 Å². The Balaban J connectivity index is 0.000000250. The lowest BCUT2D eigenvalue weighted by atomic mass is 9.88. The van der Waals surface area contributed by atoms with Gasteiger partial charge in [-0.2, -0.15) is 0 Å². The summed E-state index contributed by atoms with van der Waals surface area (Å²) in [6, 6.07) is 39.9. The third-order valence-electron chi connectivity index (χ3n) is 25.0. The average Bonchev–Trinajstić information content (AvgIpc) is 1.68. The summed E-state index contributed by atoms with van der Waals surface area (Å²) in [5, 5.41) is 56.9. The van der Waals surface area contributed by atoms with Crippen molar-refractivity contribution in [2.24, 2.45) is 35.1 Å². The summed E-state index contributed by atoms with van der Waals surface area (Å²) < 4.78 is 0. The van der Waals surface area contributed by atoms with Crippen molar-refractivity contribution >= 4 is 99.3 Å². The zero-order valence-electron chi connectivity index (χ0n) is 73.1. The first-order valence-corrected chi connectivity index (χ1v) is 44.5. The van der Waals surface area contributed by atoms with Gasteiger partial charge in [0, 0.05) is 139 Å². The van der Waals surface area contributed by atoms with Crippen LogP contribution in [0.5, 0.6) is 23.0 Å². The lowest BCUT2D eigenvalue weighted by molar-refractivity contribution is -0.144. The fraction of sp³-hybridized carbons (Fsp3) is 0.390. The molecular formula is C100H113Cl2N9O17. The topological polar surface area (TPSA) is 413 Å². The van der Waals surface area contributed by atoms with Gasteiger partial charge in [-0.3, -0.25) is 62.3 Å². The van der Waals surface area contributed by atoms with Gasteiger partial charge in [0.25, 0.3) is 0 Å². The number of phenols is 4. The van der Waals surface area contributed by atoms with Crippen LogP contribution in [0.15, 0.2) is 170 Å². The zero-order chi connectivity index (χ0) is 92.5. The maximum atomic E-state index is 14.7. The summed E-state index contributed by atoms with van der Waals surface area (Å²) in [6.45, 7) is 9.03. The summed E-state index contributed by atoms with van der Waals surface area (Å²) in [5.74, 6) is -10.1. The highest BCUT2D eigenvalue weighted by molar-refractivity contribution is 6.31. The SMILES string of the molecule is CCC(=O)[C@H](C)NC(=O)[C@@H]1Cc2ccc(O)c(c2)-c2cc(ccc2O)[C@H](N(C)C(=O)[C@H](CCCCN)CC(=O)c2ccc(-c3ccc(Cl)cc3)cc2)C(=O)C[C@@H](C)C(=O)N1.C[C@@H]1CC(=O)[C@@H](N(C)C(=O)[C@H](CCCCN)CC(=O)c2ccc(-c3ccc(Cl)cc3)cc2)c2ccc(O)c(c2)-c2cc(ccc2O)C[C@@H](C(=O)N[C@@H](C)C(=O)N2CCCC23CCCC3=O)NC1=O. The maximum Gasteiger partial charge on any atom is 0.245 e. The van der Waals surface area contributed by atoms with Crippen LogP contribution in [-0.2, 0) is 65.6 Å². The highest BCUT2D eigenvalue weighted by Crippen LogP contribution is 2.45. The molecule has 3 aliphatic heterocycles. The molecule has 26 nitrogen and oxygen atoms in total. The number of likely N-dealkylation sites (N-methyl/N-ethyl adjacent to an activating group) is 2. The van der Waals surface area contributed by atoms with E-state index in [-0.39, 0.29) is 119 Å². The number of halogens is 2. The molecule has 1 aliphatic carbocycles. The fourth-order valence-electron chi connectivity index (χ4n) is 17.7. The first-order chi connectivity index (χ1) is 61.1. The number of nitrogens with two attached hydrogens (primary N) is 2. The van der Waals surface area contributed by atoms with E-state index < -0.39 is 112 Å². The van der Waals surface area contributed by atoms with E-state index >= 15 is 0 Å². The Bertz CT molecular complexity index is 5470. The van der Waals surface area contributed by atoms with E-state index in [1.54, 1.807) is 105 Å². The van der Waals surface area contributed by atoms with Gasteiger partial charge in [-0.05, 0) is 196 Å². The number of ketones is 6. The third kappa shape index (κ3) is 23.2. The summed E-state index contributed by atoms with van der Waals surface area (Å²) in [6.07, 6.45) is 4.96. The Labute approximate surface area is 755 Å². The molecule has 4 aliphatic rings. The standard InChI is InChI=1S/C53H60ClN5O9.C47H53ClN4O8/c1-31-26-46(63)48(58(3)52(68)38(8-4-5-24-55)30-45(62)36-13-11-34(12-14-36)35-15-18-39(54)19-16-35)37-17-21-44(61)41(29-37)40-27-33(10-20-43(40)60)28-42(57-49(31)65)50(66)56-32(2)51(67)59-25-7-23-53(59)22-6-9-47(53)64;1-5-39(53)28(3)50-46(59)38-24-29-9-19-40(54)36(23-29)37-25-33(16-20-41(37)55)44(43(57)22-27(2)45(58)51-38)52(4)47(60)34(8-6-7-21-49)26-42(56)32-12-10-30(11-13-32)31-14-17-35(48)18-15-31/h10-21,27,29,31-32,38,42,48,60-61H,4-9,22-26,28,30,55H2,1-3H3,(H,56,66)(H,57,65);9-20,23,25,27-28,34,38,44,54-55H,5-8,21-22,24,26,49H2,1-4H3,(H,50,59)(H,51,58)/t31-,32+,38-,42+,48+,53?;27-,28+,34-,38+,44+/m11/s1. The van der Waals surface area contributed by atoms with E-state index in [2.05, 4.69) is 21.3 Å². The van der Waals surface area contributed by atoms with Crippen LogP contribution in [0.25, 0.3) is 44.5 Å². The number of hydrogen-bond acceptors (Lipinski definition) is 19. The monoisotopic (exact) mass is 1780 g/mol. The van der Waals surface area contributed by atoms with E-state index in [0.717, 1.165) is 22.3 Å². The second-order valence-corrected chi connectivity index (χ2v) is 35.1. The number of aromatic hydroxyl groups is 4. The molecule has 128 heavy (non-hydrogen) atoms. The smallest absolute Gasteiger partial charge is 0.245 e. The van der Waals surface area contributed by atoms with Crippen LogP contribution in [0, 0.1) is 23.7 Å². The Morgan fingerprint density at radius 2 is 0.859 bits per heavy atom. The van der Waals surface area contributed by atoms with Crippen LogP contribution in [-0.4, -0.2) is 175 Å². The Kier molecular flexibility index (Phi) is 32.8. The van der Waals surface area contributed by atoms with Crippen molar-refractivity contribution in [1.29, 1.82) is 0 Å². The highest BCUT2D eigenvalue weighted by Gasteiger charge is 2.52. The number of amides is 7. The first-order valence-electron chi connectivity index (χ1n) is 43.8. The lowest BCUT2D eigenvalue weighted by Crippen LogP contribution is -2.58. The van der Waals surface area contributed by atoms with Crippen LogP contribution >= 0.6 is 23.2 Å². The molecule has 7 amide bonds. The molecule has 11 atom stereocenters. The minimum atomic E-state index is -1.30. The number of benzene rings is 8. The van der Waals surface area contributed by atoms with Crippen molar-refractivity contribution in [3.05, 3.63) is 213 Å². The molecule has 1 spiro atoms. The number of rotatable bonds is 27. The number of Topliss-reactive ketones (excluding diaryl/α,β-unsaturated/α-hetero) is 6. The number of carbonyl (C=O) groups is 13. The molecule has 2 fully saturated rings. The molecule has 12 N–H and O–H groups in total. The average molecular weight is 1780 g/mol. The van der Waals surface area contributed by atoms with Gasteiger partial charge in [-0.25, -0.2) is 0 Å².